The molecule has 1 aliphatic heterocycles. The van der Waals surface area contributed by atoms with Crippen molar-refractivity contribution < 1.29 is 4.79 Å². The highest BCUT2D eigenvalue weighted by molar-refractivity contribution is 5.80. The molecule has 0 spiro atoms. The monoisotopic (exact) mass is 270 g/mol. The van der Waals surface area contributed by atoms with Gasteiger partial charge in [-0.3, -0.25) is 14.8 Å². The molecule has 5 heteroatoms. The number of amides is 1. The van der Waals surface area contributed by atoms with Gasteiger partial charge in [0.25, 0.3) is 0 Å². The summed E-state index contributed by atoms with van der Waals surface area (Å²) in [5, 5.41) is 7.03. The Morgan fingerprint density at radius 3 is 2.85 bits per heavy atom. The lowest BCUT2D eigenvalue weighted by atomic mass is 9.93. The number of hydrogen-bond donors (Lipinski definition) is 2. The second kappa shape index (κ2) is 5.09. The largest absolute Gasteiger partial charge is 0.368 e. The Hall–Kier alpha value is -2.14. The summed E-state index contributed by atoms with van der Waals surface area (Å²) in [7, 11) is 0. The van der Waals surface area contributed by atoms with E-state index in [-0.39, 0.29) is 11.9 Å². The van der Waals surface area contributed by atoms with Gasteiger partial charge in [-0.05, 0) is 30.0 Å². The molecule has 3 N–H and O–H groups in total. The molecule has 0 aliphatic carbocycles. The molecule has 0 radical (unpaired) electrons. The summed E-state index contributed by atoms with van der Waals surface area (Å²) in [5.41, 5.74) is 10.2. The Labute approximate surface area is 117 Å². The van der Waals surface area contributed by atoms with Gasteiger partial charge in [0.1, 0.15) is 0 Å². The first-order valence-corrected chi connectivity index (χ1v) is 6.74. The van der Waals surface area contributed by atoms with Gasteiger partial charge >= 0.3 is 0 Å². The number of H-pyrrole nitrogens is 1. The first-order valence-electron chi connectivity index (χ1n) is 6.74. The summed E-state index contributed by atoms with van der Waals surface area (Å²) in [5.74, 6) is -0.267. The van der Waals surface area contributed by atoms with Gasteiger partial charge in [-0.1, -0.05) is 24.3 Å². The molecule has 0 bridgehead atoms. The van der Waals surface area contributed by atoms with E-state index in [0.717, 1.165) is 17.8 Å². The maximum absolute atomic E-state index is 11.7. The van der Waals surface area contributed by atoms with Gasteiger partial charge in [0.2, 0.25) is 5.91 Å². The lowest BCUT2D eigenvalue weighted by molar-refractivity contribution is -0.124. The number of fused-ring (bicyclic) bond motifs is 1. The molecule has 3 rings (SSSR count). The van der Waals surface area contributed by atoms with E-state index in [9.17, 15) is 4.79 Å². The quantitative estimate of drug-likeness (QED) is 0.878. The Balaban J connectivity index is 1.89. The highest BCUT2D eigenvalue weighted by Gasteiger charge is 2.30. The molecular weight excluding hydrogens is 252 g/mol. The summed E-state index contributed by atoms with van der Waals surface area (Å²) in [6.45, 7) is 3.41. The number of aromatic nitrogens is 2. The molecule has 2 heterocycles. The third-order valence-electron chi connectivity index (χ3n) is 3.97. The number of benzene rings is 1. The maximum atomic E-state index is 11.7. The van der Waals surface area contributed by atoms with Crippen LogP contribution in [0.25, 0.3) is 0 Å². The summed E-state index contributed by atoms with van der Waals surface area (Å²) >= 11 is 0. The molecule has 1 aliphatic rings. The fraction of sp³-hybridized carbons (Fsp3) is 0.333. The Bertz CT molecular complexity index is 634. The summed E-state index contributed by atoms with van der Waals surface area (Å²) in [6, 6.07) is 7.96. The Kier molecular flexibility index (Phi) is 3.28. The van der Waals surface area contributed by atoms with E-state index >= 15 is 0 Å². The Morgan fingerprint density at radius 1 is 1.45 bits per heavy atom. The number of carbonyl (C=O) groups excluding carboxylic acids is 1. The molecular formula is C15H18N4O. The SMILES string of the molecule is Cc1cn[nH]c1CN1Cc2ccccc2C[C@H]1C(N)=O. The minimum Gasteiger partial charge on any atom is -0.368 e. The van der Waals surface area contributed by atoms with Crippen LogP contribution in [0, 0.1) is 6.92 Å². The summed E-state index contributed by atoms with van der Waals surface area (Å²) in [6.07, 6.45) is 2.48. The lowest BCUT2D eigenvalue weighted by Gasteiger charge is -2.34. The van der Waals surface area contributed by atoms with Crippen molar-refractivity contribution in [2.24, 2.45) is 5.73 Å². The number of hydrogen-bond acceptors (Lipinski definition) is 3. The van der Waals surface area contributed by atoms with Crippen LogP contribution >= 0.6 is 0 Å². The van der Waals surface area contributed by atoms with E-state index in [2.05, 4.69) is 27.2 Å². The molecule has 0 fully saturated rings. The summed E-state index contributed by atoms with van der Waals surface area (Å²) in [4.78, 5) is 13.9. The minimum absolute atomic E-state index is 0.257. The number of rotatable bonds is 3. The zero-order chi connectivity index (χ0) is 14.1. The molecule has 0 unspecified atom stereocenters. The van der Waals surface area contributed by atoms with Crippen molar-refractivity contribution in [2.45, 2.75) is 32.5 Å². The van der Waals surface area contributed by atoms with Crippen LogP contribution in [0.4, 0.5) is 0 Å². The smallest absolute Gasteiger partial charge is 0.235 e. The number of nitrogens with two attached hydrogens (primary N) is 1. The lowest BCUT2D eigenvalue weighted by Crippen LogP contribution is -2.48. The highest BCUT2D eigenvalue weighted by Crippen LogP contribution is 2.24. The molecule has 1 aromatic carbocycles. The molecule has 104 valence electrons. The van der Waals surface area contributed by atoms with Crippen LogP contribution in [0.5, 0.6) is 0 Å². The van der Waals surface area contributed by atoms with Crippen molar-refractivity contribution in [1.82, 2.24) is 15.1 Å². The molecule has 2 aromatic rings. The zero-order valence-corrected chi connectivity index (χ0v) is 11.5. The number of primary amides is 1. The molecule has 5 nitrogen and oxygen atoms in total. The van der Waals surface area contributed by atoms with Crippen LogP contribution in [0.15, 0.2) is 30.5 Å². The van der Waals surface area contributed by atoms with Gasteiger partial charge in [0.05, 0.1) is 17.9 Å². The second-order valence-corrected chi connectivity index (χ2v) is 5.33. The van der Waals surface area contributed by atoms with Crippen molar-refractivity contribution in [1.29, 1.82) is 0 Å². The number of carbonyl (C=O) groups is 1. The second-order valence-electron chi connectivity index (χ2n) is 5.33. The van der Waals surface area contributed by atoms with Crippen molar-refractivity contribution >= 4 is 5.91 Å². The molecule has 0 saturated carbocycles. The van der Waals surface area contributed by atoms with E-state index in [4.69, 9.17) is 5.73 Å². The van der Waals surface area contributed by atoms with E-state index in [1.165, 1.54) is 11.1 Å². The molecule has 20 heavy (non-hydrogen) atoms. The minimum atomic E-state index is -0.267. The number of aromatic amines is 1. The zero-order valence-electron chi connectivity index (χ0n) is 11.5. The normalized spacial score (nSPS) is 18.8. The third kappa shape index (κ3) is 2.32. The van der Waals surface area contributed by atoms with Crippen molar-refractivity contribution in [2.75, 3.05) is 0 Å². The van der Waals surface area contributed by atoms with Crippen LogP contribution in [0.3, 0.4) is 0 Å². The Morgan fingerprint density at radius 2 is 2.20 bits per heavy atom. The predicted molar refractivity (Wildman–Crippen MR) is 75.7 cm³/mol. The maximum Gasteiger partial charge on any atom is 0.235 e. The average Bonchev–Trinajstić information content (AvgIpc) is 2.83. The van der Waals surface area contributed by atoms with Crippen molar-refractivity contribution in [3.05, 3.63) is 52.8 Å². The van der Waals surface area contributed by atoms with Crippen LogP contribution in [-0.4, -0.2) is 27.0 Å². The van der Waals surface area contributed by atoms with E-state index in [0.29, 0.717) is 13.0 Å². The average molecular weight is 270 g/mol. The fourth-order valence-electron chi connectivity index (χ4n) is 2.76. The number of nitrogens with zero attached hydrogens (tertiary/aromatic N) is 2. The topological polar surface area (TPSA) is 75.0 Å². The predicted octanol–water partition coefficient (Wildman–Crippen LogP) is 1.13. The molecule has 1 amide bonds. The first kappa shape index (κ1) is 12.9. The molecule has 1 aromatic heterocycles. The number of nitrogens with one attached hydrogen (secondary N) is 1. The van der Waals surface area contributed by atoms with Crippen LogP contribution in [0.1, 0.15) is 22.4 Å². The van der Waals surface area contributed by atoms with Gasteiger partial charge < -0.3 is 5.73 Å². The van der Waals surface area contributed by atoms with Gasteiger partial charge in [-0.15, -0.1) is 0 Å². The van der Waals surface area contributed by atoms with Gasteiger partial charge in [0.15, 0.2) is 0 Å². The van der Waals surface area contributed by atoms with Gasteiger partial charge in [-0.25, -0.2) is 0 Å². The van der Waals surface area contributed by atoms with Gasteiger partial charge in [0, 0.05) is 13.1 Å². The van der Waals surface area contributed by atoms with E-state index in [1.54, 1.807) is 6.20 Å². The van der Waals surface area contributed by atoms with E-state index in [1.807, 2.05) is 19.1 Å². The standard InChI is InChI=1S/C15H18N4O/c1-10-7-17-18-13(10)9-19-8-12-5-3-2-4-11(12)6-14(19)15(16)20/h2-5,7,14H,6,8-9H2,1H3,(H2,16,20)(H,17,18)/t14-/m0/s1. The van der Waals surface area contributed by atoms with Gasteiger partial charge in [-0.2, -0.15) is 5.10 Å². The highest BCUT2D eigenvalue weighted by atomic mass is 16.1. The first-order chi connectivity index (χ1) is 9.65. The van der Waals surface area contributed by atoms with Crippen LogP contribution < -0.4 is 5.73 Å². The van der Waals surface area contributed by atoms with E-state index < -0.39 is 0 Å². The molecule has 0 saturated heterocycles. The van der Waals surface area contributed by atoms with Crippen LogP contribution in [-0.2, 0) is 24.3 Å². The van der Waals surface area contributed by atoms with Crippen LogP contribution in [0.2, 0.25) is 0 Å². The third-order valence-corrected chi connectivity index (χ3v) is 3.97. The molecule has 1 atom stereocenters. The van der Waals surface area contributed by atoms with Crippen molar-refractivity contribution in [3.63, 3.8) is 0 Å². The van der Waals surface area contributed by atoms with Crippen molar-refractivity contribution in [3.8, 4) is 0 Å². The summed E-state index contributed by atoms with van der Waals surface area (Å²) < 4.78 is 0. The number of aryl methyl sites for hydroxylation is 1. The fourth-order valence-corrected chi connectivity index (χ4v) is 2.76.